The SMILES string of the molecule is CN1CCC[C@@H]1c1cc2cnc(NC(=O)c3ccc(OCCCC#Cc4cccc5c4CN(C4CCC(=O)N(COCC[Si](C)(C)C)C4=O)C5=O)cc3F)cc2n1C(=O)OC(C)(C)C. The number of fused-ring (bicyclic) bond motifs is 2. The monoisotopic (exact) mass is 892 g/mol. The fraction of sp³-hybridized carbons (Fsp3) is 0.458. The molecule has 0 bridgehead atoms. The van der Waals surface area contributed by atoms with Crippen molar-refractivity contribution in [2.24, 2.45) is 0 Å². The molecule has 2 aromatic heterocycles. The number of ether oxygens (including phenoxy) is 3. The normalized spacial score (nSPS) is 18.0. The zero-order chi connectivity index (χ0) is 45.9. The molecule has 16 heteroatoms. The minimum absolute atomic E-state index is 0.0102. The number of hydrogen-bond donors (Lipinski definition) is 1. The number of unbranched alkanes of at least 4 members (excludes halogenated alkanes) is 1. The van der Waals surface area contributed by atoms with Gasteiger partial charge in [-0.1, -0.05) is 37.5 Å². The first-order valence-electron chi connectivity index (χ1n) is 21.9. The number of pyridine rings is 1. The third-order valence-corrected chi connectivity index (χ3v) is 13.3. The predicted molar refractivity (Wildman–Crippen MR) is 242 cm³/mol. The van der Waals surface area contributed by atoms with Crippen molar-refractivity contribution in [3.05, 3.63) is 88.5 Å². The van der Waals surface area contributed by atoms with Crippen LogP contribution in [0.4, 0.5) is 15.0 Å². The first-order chi connectivity index (χ1) is 30.4. The molecule has 2 saturated heterocycles. The number of nitrogens with one attached hydrogen (secondary N) is 1. The van der Waals surface area contributed by atoms with Crippen LogP contribution in [-0.4, -0.2) is 107 Å². The molecule has 0 radical (unpaired) electrons. The number of carbonyl (C=O) groups excluding carboxylic acids is 5. The molecule has 3 aliphatic rings. The smallest absolute Gasteiger partial charge is 0.419 e. The molecule has 0 aliphatic carbocycles. The molecule has 2 fully saturated rings. The highest BCUT2D eigenvalue weighted by atomic mass is 28.3. The van der Waals surface area contributed by atoms with Crippen LogP contribution in [0.15, 0.2) is 54.7 Å². The number of rotatable bonds is 13. The van der Waals surface area contributed by atoms with E-state index in [2.05, 4.69) is 46.7 Å². The highest BCUT2D eigenvalue weighted by Crippen LogP contribution is 2.36. The van der Waals surface area contributed by atoms with Crippen LogP contribution in [0.5, 0.6) is 5.75 Å². The number of aromatic nitrogens is 2. The Balaban J connectivity index is 0.928. The summed E-state index contributed by atoms with van der Waals surface area (Å²) < 4.78 is 34.2. The zero-order valence-corrected chi connectivity index (χ0v) is 38.7. The van der Waals surface area contributed by atoms with E-state index in [1.165, 1.54) is 17.0 Å². The molecule has 4 aromatic rings. The van der Waals surface area contributed by atoms with Crippen LogP contribution in [0, 0.1) is 17.7 Å². The summed E-state index contributed by atoms with van der Waals surface area (Å²) in [6, 6.07) is 13.0. The number of imide groups is 1. The van der Waals surface area contributed by atoms with Gasteiger partial charge in [0.05, 0.1) is 23.7 Å². The first-order valence-corrected chi connectivity index (χ1v) is 25.6. The number of piperidine rings is 1. The number of nitrogens with zero attached hydrogens (tertiary/aromatic N) is 5. The molecule has 4 amide bonds. The van der Waals surface area contributed by atoms with Crippen molar-refractivity contribution < 1.29 is 42.6 Å². The van der Waals surface area contributed by atoms with Gasteiger partial charge in [0.2, 0.25) is 5.91 Å². The van der Waals surface area contributed by atoms with Gasteiger partial charge in [-0.2, -0.15) is 0 Å². The Morgan fingerprint density at radius 1 is 1.02 bits per heavy atom. The van der Waals surface area contributed by atoms with Crippen LogP contribution in [-0.2, 0) is 25.6 Å². The van der Waals surface area contributed by atoms with E-state index in [4.69, 9.17) is 14.2 Å². The van der Waals surface area contributed by atoms with Gasteiger partial charge in [0.1, 0.15) is 35.8 Å². The number of hydrogen-bond acceptors (Lipinski definition) is 10. The van der Waals surface area contributed by atoms with Crippen molar-refractivity contribution in [2.75, 3.05) is 38.9 Å². The quantitative estimate of drug-likeness (QED) is 0.0606. The average Bonchev–Trinajstić information content (AvgIpc) is 3.92. The van der Waals surface area contributed by atoms with E-state index in [0.29, 0.717) is 41.5 Å². The largest absolute Gasteiger partial charge is 0.493 e. The molecule has 338 valence electrons. The van der Waals surface area contributed by atoms with Crippen molar-refractivity contribution >= 4 is 54.5 Å². The molecule has 64 heavy (non-hydrogen) atoms. The van der Waals surface area contributed by atoms with Crippen LogP contribution < -0.4 is 10.1 Å². The molecular weight excluding hydrogens is 836 g/mol. The van der Waals surface area contributed by atoms with Crippen molar-refractivity contribution in [1.29, 1.82) is 0 Å². The average molecular weight is 893 g/mol. The summed E-state index contributed by atoms with van der Waals surface area (Å²) >= 11 is 0. The topological polar surface area (TPSA) is 153 Å². The van der Waals surface area contributed by atoms with Gasteiger partial charge < -0.3 is 24.4 Å². The summed E-state index contributed by atoms with van der Waals surface area (Å²) in [7, 11) is 0.675. The van der Waals surface area contributed by atoms with Gasteiger partial charge in [0.15, 0.2) is 0 Å². The fourth-order valence-corrected chi connectivity index (χ4v) is 8.95. The van der Waals surface area contributed by atoms with E-state index in [0.717, 1.165) is 47.7 Å². The van der Waals surface area contributed by atoms with Gasteiger partial charge in [0.25, 0.3) is 17.7 Å². The van der Waals surface area contributed by atoms with E-state index in [1.807, 2.05) is 19.2 Å². The highest BCUT2D eigenvalue weighted by Gasteiger charge is 2.43. The van der Waals surface area contributed by atoms with Crippen molar-refractivity contribution in [3.8, 4) is 17.6 Å². The molecule has 0 spiro atoms. The Kier molecular flexibility index (Phi) is 13.7. The summed E-state index contributed by atoms with van der Waals surface area (Å²) in [4.78, 5) is 75.7. The summed E-state index contributed by atoms with van der Waals surface area (Å²) in [5.41, 5.74) is 2.28. The van der Waals surface area contributed by atoms with Crippen LogP contribution in [0.3, 0.4) is 0 Å². The number of benzene rings is 2. The standard InChI is InChI=1S/C48H57FN6O8Si/c1-48(2,3)63-47(60)55-40-27-42(50-28-32(40)25-41(55)38-16-12-21-52(38)4)51-44(57)35-18-17-33(26-37(35)49)62-22-10-8-9-13-31-14-11-15-34-36(31)29-53(45(34)58)39-19-20-43(56)54(46(39)59)30-61-23-24-64(5,6)7/h11,14-15,17-18,25-28,38-39H,8,10,12,16,19-24,29-30H2,1-7H3,(H,50,51,57)/t38-,39?/m1/s1. The molecule has 1 unspecified atom stereocenters. The molecule has 5 heterocycles. The van der Waals surface area contributed by atoms with Gasteiger partial charge in [-0.05, 0) is 102 Å². The molecule has 14 nitrogen and oxygen atoms in total. The van der Waals surface area contributed by atoms with Crippen LogP contribution in [0.25, 0.3) is 10.9 Å². The van der Waals surface area contributed by atoms with E-state index in [9.17, 15) is 24.0 Å². The van der Waals surface area contributed by atoms with Gasteiger partial charge in [-0.15, -0.1) is 0 Å². The summed E-state index contributed by atoms with van der Waals surface area (Å²) in [6.07, 6.45) is 4.31. The zero-order valence-electron chi connectivity index (χ0n) is 37.7. The Labute approximate surface area is 374 Å². The maximum atomic E-state index is 15.3. The molecule has 1 N–H and O–H groups in total. The van der Waals surface area contributed by atoms with Crippen LogP contribution in [0.2, 0.25) is 25.7 Å². The van der Waals surface area contributed by atoms with Crippen LogP contribution >= 0.6 is 0 Å². The van der Waals surface area contributed by atoms with Gasteiger partial charge in [0, 0.05) is 74.6 Å². The second kappa shape index (κ2) is 19.1. The van der Waals surface area contributed by atoms with Gasteiger partial charge in [-0.25, -0.2) is 18.7 Å². The minimum Gasteiger partial charge on any atom is -0.493 e. The molecule has 3 aliphatic heterocycles. The van der Waals surface area contributed by atoms with E-state index in [1.54, 1.807) is 49.7 Å². The molecule has 7 rings (SSSR count). The summed E-state index contributed by atoms with van der Waals surface area (Å²) in [6.45, 7) is 13.8. The Morgan fingerprint density at radius 2 is 1.81 bits per heavy atom. The number of carbonyl (C=O) groups is 5. The number of amides is 4. The lowest BCUT2D eigenvalue weighted by Crippen LogP contribution is -2.55. The Hall–Kier alpha value is -5.89. The number of likely N-dealkylation sites (tertiary alicyclic amines) is 2. The minimum atomic E-state index is -1.34. The lowest BCUT2D eigenvalue weighted by molar-refractivity contribution is -0.158. The second-order valence-electron chi connectivity index (χ2n) is 18.8. The maximum Gasteiger partial charge on any atom is 0.419 e. The van der Waals surface area contributed by atoms with Crippen molar-refractivity contribution in [2.45, 2.75) is 109 Å². The lowest BCUT2D eigenvalue weighted by atomic mass is 10.0. The molecular formula is C48H57FN6O8Si. The maximum absolute atomic E-state index is 15.3. The molecule has 2 aromatic carbocycles. The number of halogens is 1. The van der Waals surface area contributed by atoms with Gasteiger partial charge >= 0.3 is 6.09 Å². The van der Waals surface area contributed by atoms with Crippen LogP contribution in [0.1, 0.15) is 103 Å². The molecule has 2 atom stereocenters. The van der Waals surface area contributed by atoms with Crippen molar-refractivity contribution in [3.63, 3.8) is 0 Å². The highest BCUT2D eigenvalue weighted by molar-refractivity contribution is 6.76. The first kappa shape index (κ1) is 46.1. The second-order valence-corrected chi connectivity index (χ2v) is 24.5. The summed E-state index contributed by atoms with van der Waals surface area (Å²) in [5, 5.41) is 3.38. The van der Waals surface area contributed by atoms with E-state index < -0.39 is 43.4 Å². The third kappa shape index (κ3) is 10.5. The fourth-order valence-electron chi connectivity index (χ4n) is 8.20. The van der Waals surface area contributed by atoms with Crippen molar-refractivity contribution in [1.82, 2.24) is 24.3 Å². The lowest BCUT2D eigenvalue weighted by Gasteiger charge is -2.35. The van der Waals surface area contributed by atoms with E-state index >= 15 is 4.39 Å². The number of anilines is 1. The van der Waals surface area contributed by atoms with Gasteiger partial charge in [-0.3, -0.25) is 29.0 Å². The predicted octanol–water partition coefficient (Wildman–Crippen LogP) is 7.97. The summed E-state index contributed by atoms with van der Waals surface area (Å²) in [5.74, 6) is 4.23. The van der Waals surface area contributed by atoms with E-state index in [-0.39, 0.29) is 67.7 Å². The Morgan fingerprint density at radius 3 is 2.53 bits per heavy atom. The molecule has 0 saturated carbocycles. The Bertz CT molecular complexity index is 2530. The third-order valence-electron chi connectivity index (χ3n) is 11.6.